The first-order chi connectivity index (χ1) is 12.3. The average molecular weight is 525 g/mol. The third-order valence-corrected chi connectivity index (χ3v) is 4.37. The molecule has 0 heterocycles. The lowest BCUT2D eigenvalue weighted by atomic mass is 10.2. The normalized spacial score (nSPS) is 10.1. The lowest BCUT2D eigenvalue weighted by Crippen LogP contribution is -2.37. The third kappa shape index (κ3) is 5.97. The molecule has 0 aliphatic carbocycles. The Balaban J connectivity index is 1.93. The van der Waals surface area contributed by atoms with Crippen molar-refractivity contribution in [3.05, 3.63) is 55.6 Å². The molecule has 0 saturated heterocycles. The monoisotopic (exact) mass is 524 g/mol. The van der Waals surface area contributed by atoms with Crippen molar-refractivity contribution in [3.8, 4) is 5.75 Å². The van der Waals surface area contributed by atoms with Gasteiger partial charge < -0.3 is 15.2 Å². The van der Waals surface area contributed by atoms with Crippen LogP contribution in [0, 0.1) is 3.57 Å². The maximum absolute atomic E-state index is 11.9. The minimum Gasteiger partial charge on any atom is -0.482 e. The van der Waals surface area contributed by atoms with E-state index in [1.165, 1.54) is 12.1 Å². The van der Waals surface area contributed by atoms with E-state index < -0.39 is 11.9 Å². The van der Waals surface area contributed by atoms with Crippen LogP contribution >= 0.6 is 58.0 Å². The number of halogens is 3. The van der Waals surface area contributed by atoms with Crippen molar-refractivity contribution in [2.75, 3.05) is 11.9 Å². The van der Waals surface area contributed by atoms with Crippen LogP contribution in [-0.4, -0.2) is 28.7 Å². The van der Waals surface area contributed by atoms with Crippen molar-refractivity contribution >= 4 is 80.7 Å². The fourth-order valence-electron chi connectivity index (χ4n) is 1.85. The summed E-state index contributed by atoms with van der Waals surface area (Å²) in [4.78, 5) is 23.2. The fraction of sp³-hybridized carbons (Fsp3) is 0.0625. The van der Waals surface area contributed by atoms with E-state index in [-0.39, 0.29) is 28.0 Å². The smallest absolute Gasteiger partial charge is 0.337 e. The van der Waals surface area contributed by atoms with Crippen LogP contribution in [0.2, 0.25) is 10.0 Å². The summed E-state index contributed by atoms with van der Waals surface area (Å²) in [5, 5.41) is 15.0. The maximum Gasteiger partial charge on any atom is 0.337 e. The lowest BCUT2D eigenvalue weighted by molar-refractivity contribution is -0.121. The summed E-state index contributed by atoms with van der Waals surface area (Å²) in [6, 6.07) is 9.38. The van der Waals surface area contributed by atoms with E-state index in [4.69, 9.17) is 40.2 Å². The Morgan fingerprint density at radius 1 is 1.19 bits per heavy atom. The van der Waals surface area contributed by atoms with E-state index in [2.05, 4.69) is 10.6 Å². The number of ether oxygens (including phenoxy) is 1. The highest BCUT2D eigenvalue weighted by Crippen LogP contribution is 2.27. The Morgan fingerprint density at radius 3 is 2.58 bits per heavy atom. The van der Waals surface area contributed by atoms with Crippen molar-refractivity contribution in [3.63, 3.8) is 0 Å². The molecule has 0 fully saturated rings. The van der Waals surface area contributed by atoms with Crippen LogP contribution in [0.25, 0.3) is 0 Å². The van der Waals surface area contributed by atoms with Crippen molar-refractivity contribution in [2.45, 2.75) is 0 Å². The van der Waals surface area contributed by atoms with Crippen LogP contribution in [-0.2, 0) is 4.79 Å². The molecule has 0 saturated carbocycles. The highest BCUT2D eigenvalue weighted by Gasteiger charge is 2.13. The minimum absolute atomic E-state index is 0.0395. The quantitative estimate of drug-likeness (QED) is 0.401. The number of amides is 1. The molecule has 10 heteroatoms. The first-order valence-corrected chi connectivity index (χ1v) is 9.22. The fourth-order valence-corrected chi connectivity index (χ4v) is 3.03. The SMILES string of the molecule is O=C(COc1ccc(Cl)cc1Cl)NC(=S)Nc1ccc(I)cc1C(=O)O. The molecular formula is C16H11Cl2IN2O4S. The van der Waals surface area contributed by atoms with E-state index in [1.807, 2.05) is 22.6 Å². The summed E-state index contributed by atoms with van der Waals surface area (Å²) in [5.41, 5.74) is 0.308. The Morgan fingerprint density at radius 2 is 1.92 bits per heavy atom. The first kappa shape index (κ1) is 20.7. The standard InChI is InChI=1S/C16H11Cl2IN2O4S/c17-8-1-4-13(11(18)5-8)25-7-14(22)21-16(26)20-12-3-2-9(19)6-10(12)15(23)24/h1-6H,7H2,(H,23,24)(H2,20,21,22,26). The molecule has 0 aliphatic heterocycles. The van der Waals surface area contributed by atoms with Gasteiger partial charge in [-0.05, 0) is 71.2 Å². The van der Waals surface area contributed by atoms with Crippen LogP contribution in [0.1, 0.15) is 10.4 Å². The molecular weight excluding hydrogens is 514 g/mol. The van der Waals surface area contributed by atoms with E-state index >= 15 is 0 Å². The number of hydrogen-bond acceptors (Lipinski definition) is 4. The maximum atomic E-state index is 11.9. The van der Waals surface area contributed by atoms with Crippen LogP contribution in [0.15, 0.2) is 36.4 Å². The zero-order chi connectivity index (χ0) is 19.3. The lowest BCUT2D eigenvalue weighted by Gasteiger charge is -2.13. The summed E-state index contributed by atoms with van der Waals surface area (Å²) in [6.07, 6.45) is 0. The van der Waals surface area contributed by atoms with Gasteiger partial charge in [0.1, 0.15) is 5.75 Å². The van der Waals surface area contributed by atoms with Crippen LogP contribution in [0.4, 0.5) is 5.69 Å². The second-order valence-electron chi connectivity index (χ2n) is 4.86. The van der Waals surface area contributed by atoms with E-state index in [1.54, 1.807) is 24.3 Å². The van der Waals surface area contributed by atoms with Crippen molar-refractivity contribution in [2.24, 2.45) is 0 Å². The third-order valence-electron chi connectivity index (χ3n) is 2.97. The Labute approximate surface area is 178 Å². The number of carboxylic acids is 1. The highest BCUT2D eigenvalue weighted by molar-refractivity contribution is 14.1. The molecule has 2 rings (SSSR count). The van der Waals surface area contributed by atoms with Crippen molar-refractivity contribution < 1.29 is 19.4 Å². The molecule has 6 nitrogen and oxygen atoms in total. The van der Waals surface area contributed by atoms with Gasteiger partial charge in [0, 0.05) is 8.59 Å². The Bertz CT molecular complexity index is 879. The molecule has 136 valence electrons. The van der Waals surface area contributed by atoms with Gasteiger partial charge in [-0.3, -0.25) is 10.1 Å². The molecule has 0 bridgehead atoms. The summed E-state index contributed by atoms with van der Waals surface area (Å²) in [5.74, 6) is -1.34. The Kier molecular flexibility index (Phi) is 7.44. The molecule has 0 radical (unpaired) electrons. The van der Waals surface area contributed by atoms with Gasteiger partial charge in [0.2, 0.25) is 0 Å². The topological polar surface area (TPSA) is 87.7 Å². The molecule has 26 heavy (non-hydrogen) atoms. The minimum atomic E-state index is -1.11. The van der Waals surface area contributed by atoms with Gasteiger partial charge in [-0.25, -0.2) is 4.79 Å². The number of hydrogen-bond donors (Lipinski definition) is 3. The summed E-state index contributed by atoms with van der Waals surface area (Å²) in [6.45, 7) is -0.332. The van der Waals surface area contributed by atoms with Crippen LogP contribution in [0.5, 0.6) is 5.75 Å². The summed E-state index contributed by atoms with van der Waals surface area (Å²) >= 11 is 18.8. The van der Waals surface area contributed by atoms with Gasteiger partial charge in [0.25, 0.3) is 5.91 Å². The molecule has 1 amide bonds. The number of carbonyl (C=O) groups excluding carboxylic acids is 1. The molecule has 3 N–H and O–H groups in total. The molecule has 0 aromatic heterocycles. The zero-order valence-corrected chi connectivity index (χ0v) is 17.4. The number of carbonyl (C=O) groups is 2. The molecule has 0 aliphatic rings. The second-order valence-corrected chi connectivity index (χ2v) is 7.36. The van der Waals surface area contributed by atoms with Crippen LogP contribution in [0.3, 0.4) is 0 Å². The van der Waals surface area contributed by atoms with Gasteiger partial charge >= 0.3 is 5.97 Å². The van der Waals surface area contributed by atoms with Gasteiger partial charge in [-0.15, -0.1) is 0 Å². The molecule has 0 spiro atoms. The zero-order valence-electron chi connectivity index (χ0n) is 12.9. The molecule has 0 unspecified atom stereocenters. The summed E-state index contributed by atoms with van der Waals surface area (Å²) < 4.78 is 6.06. The number of aromatic carboxylic acids is 1. The number of nitrogens with one attached hydrogen (secondary N) is 2. The number of thiocarbonyl (C=S) groups is 1. The van der Waals surface area contributed by atoms with Gasteiger partial charge in [0.15, 0.2) is 11.7 Å². The summed E-state index contributed by atoms with van der Waals surface area (Å²) in [7, 11) is 0. The number of benzene rings is 2. The number of rotatable bonds is 5. The number of anilines is 1. The highest BCUT2D eigenvalue weighted by atomic mass is 127. The molecule has 2 aromatic carbocycles. The van der Waals surface area contributed by atoms with E-state index in [0.717, 1.165) is 3.57 Å². The average Bonchev–Trinajstić information content (AvgIpc) is 2.55. The predicted octanol–water partition coefficient (Wildman–Crippen LogP) is 4.19. The van der Waals surface area contributed by atoms with Gasteiger partial charge in [0.05, 0.1) is 16.3 Å². The van der Waals surface area contributed by atoms with Crippen LogP contribution < -0.4 is 15.4 Å². The molecule has 0 atom stereocenters. The predicted molar refractivity (Wildman–Crippen MR) is 112 cm³/mol. The van der Waals surface area contributed by atoms with Crippen molar-refractivity contribution in [1.29, 1.82) is 0 Å². The van der Waals surface area contributed by atoms with E-state index in [9.17, 15) is 14.7 Å². The first-order valence-electron chi connectivity index (χ1n) is 6.98. The van der Waals surface area contributed by atoms with Gasteiger partial charge in [-0.2, -0.15) is 0 Å². The largest absolute Gasteiger partial charge is 0.482 e. The van der Waals surface area contributed by atoms with Crippen molar-refractivity contribution in [1.82, 2.24) is 5.32 Å². The second kappa shape index (κ2) is 9.36. The van der Waals surface area contributed by atoms with Gasteiger partial charge in [-0.1, -0.05) is 23.2 Å². The Hall–Kier alpha value is -1.62. The van der Waals surface area contributed by atoms with E-state index in [0.29, 0.717) is 10.8 Å². The number of carboxylic acid groups (broad SMARTS) is 1. The molecule has 2 aromatic rings.